The van der Waals surface area contributed by atoms with Gasteiger partial charge in [0.05, 0.1) is 11.4 Å². The van der Waals surface area contributed by atoms with E-state index in [2.05, 4.69) is 5.32 Å². The van der Waals surface area contributed by atoms with Crippen LogP contribution in [0.1, 0.15) is 16.7 Å². The maximum atomic E-state index is 13.4. The van der Waals surface area contributed by atoms with Crippen molar-refractivity contribution in [3.63, 3.8) is 0 Å². The van der Waals surface area contributed by atoms with E-state index in [1.165, 1.54) is 0 Å². The number of hydrogen-bond donors (Lipinski definition) is 1. The summed E-state index contributed by atoms with van der Waals surface area (Å²) in [5.41, 5.74) is 2.54. The Morgan fingerprint density at radius 1 is 0.853 bits per heavy atom. The molecular formula is C27H25ClN2O3S. The van der Waals surface area contributed by atoms with E-state index in [0.717, 1.165) is 26.2 Å². The van der Waals surface area contributed by atoms with Crippen molar-refractivity contribution in [1.29, 1.82) is 0 Å². The summed E-state index contributed by atoms with van der Waals surface area (Å²) in [4.78, 5) is 13.1. The van der Waals surface area contributed by atoms with Crippen LogP contribution in [0.4, 0.5) is 0 Å². The Bertz CT molecular complexity index is 1410. The molecule has 7 heteroatoms. The smallest absolute Gasteiger partial charge is 0.243 e. The molecule has 0 heterocycles. The van der Waals surface area contributed by atoms with E-state index in [4.69, 9.17) is 11.6 Å². The Balaban J connectivity index is 1.56. The van der Waals surface area contributed by atoms with Crippen LogP contribution in [-0.4, -0.2) is 25.2 Å². The summed E-state index contributed by atoms with van der Waals surface area (Å²) in [5, 5.41) is 5.45. The van der Waals surface area contributed by atoms with Crippen molar-refractivity contribution in [3.8, 4) is 0 Å². The van der Waals surface area contributed by atoms with Gasteiger partial charge < -0.3 is 5.32 Å². The van der Waals surface area contributed by atoms with Crippen LogP contribution >= 0.6 is 11.6 Å². The lowest BCUT2D eigenvalue weighted by molar-refractivity contribution is -0.121. The van der Waals surface area contributed by atoms with Gasteiger partial charge in [-0.3, -0.25) is 4.79 Å². The lowest BCUT2D eigenvalue weighted by atomic mass is 10.0. The van der Waals surface area contributed by atoms with Crippen molar-refractivity contribution in [1.82, 2.24) is 9.62 Å². The van der Waals surface area contributed by atoms with Gasteiger partial charge in [0, 0.05) is 18.1 Å². The number of sulfonamides is 1. The number of hydrogen-bond acceptors (Lipinski definition) is 3. The zero-order valence-corrected chi connectivity index (χ0v) is 20.3. The fourth-order valence-electron chi connectivity index (χ4n) is 3.76. The number of nitrogens with zero attached hydrogens (tertiary/aromatic N) is 1. The largest absolute Gasteiger partial charge is 0.351 e. The van der Waals surface area contributed by atoms with E-state index >= 15 is 0 Å². The van der Waals surface area contributed by atoms with Gasteiger partial charge in [-0.15, -0.1) is 0 Å². The highest BCUT2D eigenvalue weighted by Crippen LogP contribution is 2.23. The first kappa shape index (κ1) is 24.0. The lowest BCUT2D eigenvalue weighted by Gasteiger charge is -2.22. The molecular weight excluding hydrogens is 468 g/mol. The molecule has 0 fully saturated rings. The van der Waals surface area contributed by atoms with Crippen LogP contribution < -0.4 is 5.32 Å². The second kappa shape index (κ2) is 10.4. The molecule has 0 bridgehead atoms. The van der Waals surface area contributed by atoms with Crippen molar-refractivity contribution >= 4 is 38.3 Å². The maximum Gasteiger partial charge on any atom is 0.243 e. The van der Waals surface area contributed by atoms with Crippen LogP contribution in [0, 0.1) is 6.92 Å². The molecule has 4 aromatic carbocycles. The van der Waals surface area contributed by atoms with E-state index in [9.17, 15) is 13.2 Å². The topological polar surface area (TPSA) is 66.5 Å². The van der Waals surface area contributed by atoms with Gasteiger partial charge in [-0.2, -0.15) is 4.31 Å². The molecule has 0 aliphatic heterocycles. The molecule has 34 heavy (non-hydrogen) atoms. The first-order chi connectivity index (χ1) is 16.3. The number of rotatable bonds is 8. The second-order valence-corrected chi connectivity index (χ2v) is 10.4. The first-order valence-electron chi connectivity index (χ1n) is 10.9. The molecule has 1 N–H and O–H groups in total. The van der Waals surface area contributed by atoms with Gasteiger partial charge >= 0.3 is 0 Å². The number of carbonyl (C=O) groups excluding carboxylic acids is 1. The Morgan fingerprint density at radius 3 is 2.26 bits per heavy atom. The summed E-state index contributed by atoms with van der Waals surface area (Å²) in [6.45, 7) is 1.84. The third-order valence-electron chi connectivity index (χ3n) is 5.64. The number of fused-ring (bicyclic) bond motifs is 1. The van der Waals surface area contributed by atoms with Crippen LogP contribution in [0.3, 0.4) is 0 Å². The minimum atomic E-state index is -3.93. The van der Waals surface area contributed by atoms with E-state index in [1.54, 1.807) is 48.5 Å². The SMILES string of the molecule is Cc1ccc(S(=O)(=O)N(CC(=O)NCc2cccc3ccccc23)Cc2ccccc2Cl)cc1. The van der Waals surface area contributed by atoms with Crippen molar-refractivity contribution in [3.05, 3.63) is 113 Å². The molecule has 0 aliphatic rings. The van der Waals surface area contributed by atoms with Crippen molar-refractivity contribution < 1.29 is 13.2 Å². The van der Waals surface area contributed by atoms with Gasteiger partial charge in [0.1, 0.15) is 0 Å². The molecule has 174 valence electrons. The van der Waals surface area contributed by atoms with Gasteiger partial charge in [0.25, 0.3) is 0 Å². The molecule has 4 aromatic rings. The van der Waals surface area contributed by atoms with Gasteiger partial charge in [-0.25, -0.2) is 8.42 Å². The van der Waals surface area contributed by atoms with Gasteiger partial charge in [0.2, 0.25) is 15.9 Å². The number of aryl methyl sites for hydroxylation is 1. The summed E-state index contributed by atoms with van der Waals surface area (Å²) < 4.78 is 28.1. The third kappa shape index (κ3) is 5.47. The Morgan fingerprint density at radius 2 is 1.50 bits per heavy atom. The normalized spacial score (nSPS) is 11.6. The van der Waals surface area contributed by atoms with Crippen molar-refractivity contribution in [2.45, 2.75) is 24.9 Å². The predicted molar refractivity (Wildman–Crippen MR) is 136 cm³/mol. The Kier molecular flexibility index (Phi) is 7.32. The number of amides is 1. The van der Waals surface area contributed by atoms with Gasteiger partial charge in [-0.1, -0.05) is 90.0 Å². The molecule has 5 nitrogen and oxygen atoms in total. The monoisotopic (exact) mass is 492 g/mol. The molecule has 4 rings (SSSR count). The number of nitrogens with one attached hydrogen (secondary N) is 1. The van der Waals surface area contributed by atoms with E-state index in [1.807, 2.05) is 49.4 Å². The van der Waals surface area contributed by atoms with Crippen LogP contribution in [0.25, 0.3) is 10.8 Å². The summed E-state index contributed by atoms with van der Waals surface area (Å²) in [7, 11) is -3.93. The zero-order chi connectivity index (χ0) is 24.1. The Hall–Kier alpha value is -3.19. The second-order valence-electron chi connectivity index (χ2n) is 8.09. The van der Waals surface area contributed by atoms with E-state index in [0.29, 0.717) is 17.1 Å². The quantitative estimate of drug-likeness (QED) is 0.362. The summed E-state index contributed by atoms with van der Waals surface area (Å²) in [6.07, 6.45) is 0. The maximum absolute atomic E-state index is 13.4. The highest BCUT2D eigenvalue weighted by atomic mass is 35.5. The number of halogens is 1. The average Bonchev–Trinajstić information content (AvgIpc) is 2.84. The van der Waals surface area contributed by atoms with Gasteiger partial charge in [0.15, 0.2) is 0 Å². The highest BCUT2D eigenvalue weighted by Gasteiger charge is 2.27. The molecule has 1 amide bonds. The summed E-state index contributed by atoms with van der Waals surface area (Å²) in [5.74, 6) is -0.393. The molecule has 0 aromatic heterocycles. The molecule has 0 saturated heterocycles. The fourth-order valence-corrected chi connectivity index (χ4v) is 5.33. The van der Waals surface area contributed by atoms with Crippen molar-refractivity contribution in [2.75, 3.05) is 6.54 Å². The Labute approximate surface area is 205 Å². The molecule has 0 atom stereocenters. The number of carbonyl (C=O) groups is 1. The van der Waals surface area contributed by atoms with Gasteiger partial charge in [-0.05, 0) is 47.0 Å². The molecule has 0 unspecified atom stereocenters. The standard InChI is InChI=1S/C27H25ClN2O3S/c1-20-13-15-24(16-14-20)34(32,33)30(18-23-8-3-5-12-26(23)28)19-27(31)29-17-22-10-6-9-21-7-2-4-11-25(21)22/h2-16H,17-19H2,1H3,(H,29,31). The van der Waals surface area contributed by atoms with E-state index < -0.39 is 15.9 Å². The molecule has 0 saturated carbocycles. The van der Waals surface area contributed by atoms with Crippen LogP contribution in [0.2, 0.25) is 5.02 Å². The van der Waals surface area contributed by atoms with E-state index in [-0.39, 0.29) is 18.0 Å². The lowest BCUT2D eigenvalue weighted by Crippen LogP contribution is -2.40. The summed E-state index contributed by atoms with van der Waals surface area (Å²) in [6, 6.07) is 27.5. The zero-order valence-electron chi connectivity index (χ0n) is 18.7. The fraction of sp³-hybridized carbons (Fsp3) is 0.148. The predicted octanol–water partition coefficient (Wildman–Crippen LogP) is 5.31. The van der Waals surface area contributed by atoms with Crippen LogP contribution in [-0.2, 0) is 27.9 Å². The highest BCUT2D eigenvalue weighted by molar-refractivity contribution is 7.89. The molecule has 0 radical (unpaired) electrons. The van der Waals surface area contributed by atoms with Crippen LogP contribution in [0.5, 0.6) is 0 Å². The third-order valence-corrected chi connectivity index (χ3v) is 7.81. The average molecular weight is 493 g/mol. The number of benzene rings is 4. The minimum absolute atomic E-state index is 0.0163. The van der Waals surface area contributed by atoms with Crippen LogP contribution in [0.15, 0.2) is 95.9 Å². The molecule has 0 spiro atoms. The van der Waals surface area contributed by atoms with Crippen molar-refractivity contribution in [2.24, 2.45) is 0 Å². The molecule has 0 aliphatic carbocycles. The first-order valence-corrected chi connectivity index (χ1v) is 12.7. The minimum Gasteiger partial charge on any atom is -0.351 e. The summed E-state index contributed by atoms with van der Waals surface area (Å²) >= 11 is 6.30.